The maximum atomic E-state index is 12.5. The molecule has 0 aliphatic carbocycles. The molecule has 140 valence electrons. The fourth-order valence-electron chi connectivity index (χ4n) is 3.06. The van der Waals surface area contributed by atoms with Gasteiger partial charge in [-0.05, 0) is 38.1 Å². The highest BCUT2D eigenvalue weighted by molar-refractivity contribution is 7.16. The molecule has 1 saturated heterocycles. The molecule has 5 nitrogen and oxygen atoms in total. The van der Waals surface area contributed by atoms with Crippen LogP contribution in [0.25, 0.3) is 0 Å². The van der Waals surface area contributed by atoms with Crippen LogP contribution in [-0.4, -0.2) is 43.7 Å². The van der Waals surface area contributed by atoms with Gasteiger partial charge >= 0.3 is 6.03 Å². The highest BCUT2D eigenvalue weighted by Gasteiger charge is 2.24. The Kier molecular flexibility index (Phi) is 6.27. The van der Waals surface area contributed by atoms with Crippen molar-refractivity contribution in [3.05, 3.63) is 45.6 Å². The normalized spacial score (nSPS) is 15.7. The van der Waals surface area contributed by atoms with E-state index in [1.54, 1.807) is 0 Å². The number of thiophene rings is 1. The third-order valence-corrected chi connectivity index (χ3v) is 5.85. The summed E-state index contributed by atoms with van der Waals surface area (Å²) in [6.45, 7) is 7.56. The molecule has 0 bridgehead atoms. The topological polar surface area (TPSA) is 44.8 Å². The molecule has 2 aromatic rings. The molecule has 1 unspecified atom stereocenters. The zero-order valence-corrected chi connectivity index (χ0v) is 16.6. The fraction of sp³-hybridized carbons (Fsp3) is 0.421. The largest absolute Gasteiger partial charge is 0.492 e. The summed E-state index contributed by atoms with van der Waals surface area (Å²) < 4.78 is 6.46. The number of urea groups is 1. The highest BCUT2D eigenvalue weighted by atomic mass is 35.5. The molecule has 1 aliphatic rings. The van der Waals surface area contributed by atoms with Crippen molar-refractivity contribution in [3.8, 4) is 5.75 Å². The van der Waals surface area contributed by atoms with Crippen molar-refractivity contribution in [3.63, 3.8) is 0 Å². The van der Waals surface area contributed by atoms with Crippen LogP contribution in [-0.2, 0) is 0 Å². The molecule has 3 rings (SSSR count). The van der Waals surface area contributed by atoms with Gasteiger partial charge in [-0.1, -0.05) is 23.7 Å². The van der Waals surface area contributed by atoms with Crippen LogP contribution in [0.5, 0.6) is 5.75 Å². The van der Waals surface area contributed by atoms with Crippen LogP contribution in [0.2, 0.25) is 4.34 Å². The lowest BCUT2D eigenvalue weighted by Gasteiger charge is -2.37. The van der Waals surface area contributed by atoms with Crippen LogP contribution in [0.3, 0.4) is 0 Å². The van der Waals surface area contributed by atoms with Gasteiger partial charge in [0.15, 0.2) is 0 Å². The first-order chi connectivity index (χ1) is 12.6. The molecule has 0 saturated carbocycles. The minimum Gasteiger partial charge on any atom is -0.492 e. The number of nitrogens with one attached hydrogen (secondary N) is 1. The number of nitrogens with zero attached hydrogens (tertiary/aromatic N) is 2. The van der Waals surface area contributed by atoms with Crippen molar-refractivity contribution in [2.75, 3.05) is 37.7 Å². The van der Waals surface area contributed by atoms with E-state index in [9.17, 15) is 4.79 Å². The van der Waals surface area contributed by atoms with Gasteiger partial charge in [0.2, 0.25) is 0 Å². The predicted molar refractivity (Wildman–Crippen MR) is 108 cm³/mol. The van der Waals surface area contributed by atoms with E-state index < -0.39 is 0 Å². The molecule has 0 radical (unpaired) electrons. The zero-order chi connectivity index (χ0) is 18.5. The van der Waals surface area contributed by atoms with Crippen LogP contribution in [0.4, 0.5) is 10.5 Å². The quantitative estimate of drug-likeness (QED) is 0.819. The molecular weight excluding hydrogens is 370 g/mol. The average Bonchev–Trinajstić information content (AvgIpc) is 3.09. The van der Waals surface area contributed by atoms with Gasteiger partial charge in [-0.25, -0.2) is 4.79 Å². The molecule has 1 atom stereocenters. The maximum Gasteiger partial charge on any atom is 0.318 e. The van der Waals surface area contributed by atoms with Gasteiger partial charge in [0.25, 0.3) is 0 Å². The number of rotatable bonds is 5. The molecule has 26 heavy (non-hydrogen) atoms. The second kappa shape index (κ2) is 8.64. The van der Waals surface area contributed by atoms with E-state index in [4.69, 9.17) is 16.3 Å². The van der Waals surface area contributed by atoms with Crippen LogP contribution in [0, 0.1) is 0 Å². The number of carbonyl (C=O) groups is 1. The van der Waals surface area contributed by atoms with Gasteiger partial charge in [0.05, 0.1) is 22.7 Å². The Morgan fingerprint density at radius 2 is 1.96 bits per heavy atom. The van der Waals surface area contributed by atoms with E-state index in [1.807, 2.05) is 49.1 Å². The van der Waals surface area contributed by atoms with E-state index in [2.05, 4.69) is 16.3 Å². The van der Waals surface area contributed by atoms with E-state index in [-0.39, 0.29) is 12.1 Å². The molecule has 1 fully saturated rings. The molecular formula is C19H24ClN3O2S. The van der Waals surface area contributed by atoms with E-state index in [0.29, 0.717) is 19.7 Å². The Bertz CT molecular complexity index is 744. The molecule has 0 spiro atoms. The van der Waals surface area contributed by atoms with Crippen molar-refractivity contribution in [2.24, 2.45) is 0 Å². The van der Waals surface area contributed by atoms with Crippen molar-refractivity contribution >= 4 is 34.7 Å². The number of piperazine rings is 1. The Morgan fingerprint density at radius 1 is 1.23 bits per heavy atom. The number of amides is 2. The summed E-state index contributed by atoms with van der Waals surface area (Å²) in [7, 11) is 0. The Hall–Kier alpha value is -1.92. The van der Waals surface area contributed by atoms with Gasteiger partial charge in [-0.2, -0.15) is 0 Å². The Labute approximate surface area is 163 Å². The van der Waals surface area contributed by atoms with Gasteiger partial charge in [0, 0.05) is 31.1 Å². The predicted octanol–water partition coefficient (Wildman–Crippen LogP) is 4.39. The molecule has 2 amide bonds. The number of para-hydroxylation sites is 2. The van der Waals surface area contributed by atoms with E-state index in [0.717, 1.165) is 33.7 Å². The highest BCUT2D eigenvalue weighted by Crippen LogP contribution is 2.29. The van der Waals surface area contributed by atoms with Crippen molar-refractivity contribution < 1.29 is 9.53 Å². The lowest BCUT2D eigenvalue weighted by atomic mass is 10.2. The van der Waals surface area contributed by atoms with Gasteiger partial charge in [-0.3, -0.25) is 0 Å². The second-order valence-corrected chi connectivity index (χ2v) is 7.93. The van der Waals surface area contributed by atoms with E-state index in [1.165, 1.54) is 11.3 Å². The molecule has 1 N–H and O–H groups in total. The summed E-state index contributed by atoms with van der Waals surface area (Å²) in [5.74, 6) is 0.899. The smallest absolute Gasteiger partial charge is 0.318 e. The number of benzene rings is 1. The van der Waals surface area contributed by atoms with Gasteiger partial charge < -0.3 is 19.9 Å². The fourth-order valence-corrected chi connectivity index (χ4v) is 4.12. The summed E-state index contributed by atoms with van der Waals surface area (Å²) in [5, 5.41) is 3.06. The van der Waals surface area contributed by atoms with Crippen molar-refractivity contribution in [2.45, 2.75) is 19.9 Å². The molecule has 1 aliphatic heterocycles. The third kappa shape index (κ3) is 4.43. The number of ether oxygens (including phenoxy) is 1. The average molecular weight is 394 g/mol. The standard InChI is InChI=1S/C19H24ClN3O2S/c1-3-25-16-7-5-4-6-15(16)22-10-12-23(13-11-22)19(24)21-14(2)17-8-9-18(20)26-17/h4-9,14H,3,10-13H2,1-2H3,(H,21,24). The van der Waals surface area contributed by atoms with Gasteiger partial charge in [0.1, 0.15) is 5.75 Å². The third-order valence-electron chi connectivity index (χ3n) is 4.43. The minimum absolute atomic E-state index is 0.0280. The first kappa shape index (κ1) is 18.9. The first-order valence-corrected chi connectivity index (χ1v) is 10.1. The maximum absolute atomic E-state index is 12.5. The molecule has 2 heterocycles. The summed E-state index contributed by atoms with van der Waals surface area (Å²) in [6.07, 6.45) is 0. The van der Waals surface area contributed by atoms with Crippen molar-refractivity contribution in [1.82, 2.24) is 10.2 Å². The molecule has 7 heteroatoms. The number of carbonyl (C=O) groups excluding carboxylic acids is 1. The number of hydrogen-bond donors (Lipinski definition) is 1. The summed E-state index contributed by atoms with van der Waals surface area (Å²) in [5.41, 5.74) is 1.09. The SMILES string of the molecule is CCOc1ccccc1N1CCN(C(=O)NC(C)c2ccc(Cl)s2)CC1. The van der Waals surface area contributed by atoms with Crippen LogP contribution in [0.1, 0.15) is 24.8 Å². The monoisotopic (exact) mass is 393 g/mol. The minimum atomic E-state index is -0.0447. The van der Waals surface area contributed by atoms with E-state index >= 15 is 0 Å². The Morgan fingerprint density at radius 3 is 2.62 bits per heavy atom. The summed E-state index contributed by atoms with van der Waals surface area (Å²) in [4.78, 5) is 17.7. The van der Waals surface area contributed by atoms with Gasteiger partial charge in [-0.15, -0.1) is 11.3 Å². The number of anilines is 1. The zero-order valence-electron chi connectivity index (χ0n) is 15.1. The lowest BCUT2D eigenvalue weighted by molar-refractivity contribution is 0.191. The second-order valence-electron chi connectivity index (χ2n) is 6.19. The number of hydrogen-bond acceptors (Lipinski definition) is 4. The van der Waals surface area contributed by atoms with Crippen LogP contribution in [0.15, 0.2) is 36.4 Å². The summed E-state index contributed by atoms with van der Waals surface area (Å²) in [6, 6.07) is 11.8. The molecule has 1 aromatic carbocycles. The first-order valence-electron chi connectivity index (χ1n) is 8.86. The van der Waals surface area contributed by atoms with Crippen LogP contribution < -0.4 is 15.0 Å². The van der Waals surface area contributed by atoms with Crippen molar-refractivity contribution in [1.29, 1.82) is 0 Å². The van der Waals surface area contributed by atoms with Crippen LogP contribution >= 0.6 is 22.9 Å². The Balaban J connectivity index is 1.56. The molecule has 1 aromatic heterocycles. The number of halogens is 1. The lowest BCUT2D eigenvalue weighted by Crippen LogP contribution is -2.52. The summed E-state index contributed by atoms with van der Waals surface area (Å²) >= 11 is 7.48.